The first kappa shape index (κ1) is 16.2. The number of aromatic nitrogens is 1. The zero-order valence-electron chi connectivity index (χ0n) is 14.5. The molecular weight excluding hydrogens is 332 g/mol. The van der Waals surface area contributed by atoms with Crippen molar-refractivity contribution in [1.82, 2.24) is 9.88 Å². The van der Waals surface area contributed by atoms with Gasteiger partial charge in [-0.25, -0.2) is 0 Å². The number of nitrogens with zero attached hydrogens (tertiary/aromatic N) is 1. The van der Waals surface area contributed by atoms with Gasteiger partial charge in [0.1, 0.15) is 0 Å². The molecule has 128 valence electrons. The first-order valence-corrected chi connectivity index (χ1v) is 8.98. The Morgan fingerprint density at radius 1 is 1.16 bits per heavy atom. The minimum absolute atomic E-state index is 0.155. The number of nitrogens with one attached hydrogen (secondary N) is 1. The van der Waals surface area contributed by atoms with E-state index in [-0.39, 0.29) is 5.91 Å². The normalized spacial score (nSPS) is 14.6. The van der Waals surface area contributed by atoms with E-state index in [0.29, 0.717) is 11.6 Å². The highest BCUT2D eigenvalue weighted by Gasteiger charge is 2.36. The molecule has 1 amide bonds. The van der Waals surface area contributed by atoms with E-state index in [1.165, 1.54) is 11.1 Å². The van der Waals surface area contributed by atoms with Gasteiger partial charge in [0.15, 0.2) is 0 Å². The number of aromatic amines is 1. The molecule has 2 aromatic carbocycles. The minimum atomic E-state index is -0.616. The van der Waals surface area contributed by atoms with Crippen molar-refractivity contribution in [3.05, 3.63) is 70.4 Å². The summed E-state index contributed by atoms with van der Waals surface area (Å²) in [6.45, 7) is 5.45. The number of H-pyrrole nitrogens is 1. The van der Waals surface area contributed by atoms with Crippen molar-refractivity contribution in [2.24, 2.45) is 0 Å². The second kappa shape index (κ2) is 5.92. The van der Waals surface area contributed by atoms with Crippen LogP contribution in [0.2, 0.25) is 5.02 Å². The van der Waals surface area contributed by atoms with Crippen molar-refractivity contribution in [1.29, 1.82) is 0 Å². The lowest BCUT2D eigenvalue weighted by Gasteiger charge is -2.35. The molecule has 0 spiro atoms. The first-order valence-electron chi connectivity index (χ1n) is 8.60. The van der Waals surface area contributed by atoms with Crippen molar-refractivity contribution in [2.75, 3.05) is 6.54 Å². The van der Waals surface area contributed by atoms with Crippen LogP contribution in [0.1, 0.15) is 30.5 Å². The molecule has 3 aromatic rings. The number of carbonyl (C=O) groups is 1. The van der Waals surface area contributed by atoms with Crippen molar-refractivity contribution in [2.45, 2.75) is 32.2 Å². The van der Waals surface area contributed by atoms with E-state index in [9.17, 15) is 4.79 Å². The van der Waals surface area contributed by atoms with Crippen molar-refractivity contribution >= 4 is 28.4 Å². The monoisotopic (exact) mass is 352 g/mol. The highest BCUT2D eigenvalue weighted by Crippen LogP contribution is 2.34. The summed E-state index contributed by atoms with van der Waals surface area (Å²) in [7, 11) is 0. The maximum absolute atomic E-state index is 13.3. The van der Waals surface area contributed by atoms with Gasteiger partial charge < -0.3 is 9.88 Å². The number of amides is 1. The second-order valence-corrected chi connectivity index (χ2v) is 7.70. The average molecular weight is 353 g/mol. The number of benzene rings is 2. The Morgan fingerprint density at radius 3 is 2.72 bits per heavy atom. The zero-order chi connectivity index (χ0) is 17.6. The van der Waals surface area contributed by atoms with Crippen LogP contribution < -0.4 is 0 Å². The van der Waals surface area contributed by atoms with Crippen molar-refractivity contribution in [3.8, 4) is 0 Å². The van der Waals surface area contributed by atoms with E-state index in [0.717, 1.165) is 29.4 Å². The van der Waals surface area contributed by atoms with Gasteiger partial charge in [0, 0.05) is 35.2 Å². The Balaban J connectivity index is 1.68. The second-order valence-electron chi connectivity index (χ2n) is 7.26. The van der Waals surface area contributed by atoms with Gasteiger partial charge in [0.05, 0.1) is 5.41 Å². The van der Waals surface area contributed by atoms with Crippen LogP contribution >= 0.6 is 11.6 Å². The van der Waals surface area contributed by atoms with E-state index in [1.54, 1.807) is 0 Å². The Hall–Kier alpha value is -2.26. The zero-order valence-corrected chi connectivity index (χ0v) is 15.2. The molecule has 0 fully saturated rings. The molecule has 0 aliphatic carbocycles. The third-order valence-electron chi connectivity index (χ3n) is 5.27. The smallest absolute Gasteiger partial charge is 0.233 e. The maximum Gasteiger partial charge on any atom is 0.233 e. The maximum atomic E-state index is 13.3. The summed E-state index contributed by atoms with van der Waals surface area (Å²) in [6, 6.07) is 14.1. The highest BCUT2D eigenvalue weighted by atomic mass is 35.5. The topological polar surface area (TPSA) is 36.1 Å². The standard InChI is InChI=1S/C21H21ClN2O/c1-21(2,18-12-23-19-8-7-16(22)11-17(18)19)20(25)24-10-9-14-5-3-4-6-15(14)13-24/h3-8,11-12,23H,9-10,13H2,1-2H3. The summed E-state index contributed by atoms with van der Waals surface area (Å²) in [5.41, 5.74) is 3.98. The van der Waals surface area contributed by atoms with Gasteiger partial charge in [0.25, 0.3) is 0 Å². The van der Waals surface area contributed by atoms with Gasteiger partial charge >= 0.3 is 0 Å². The molecule has 0 radical (unpaired) electrons. The molecule has 1 aromatic heterocycles. The Kier molecular flexibility index (Phi) is 3.84. The van der Waals surface area contributed by atoms with E-state index < -0.39 is 5.41 Å². The molecule has 1 N–H and O–H groups in total. The summed E-state index contributed by atoms with van der Waals surface area (Å²) in [6.07, 6.45) is 2.86. The number of halogens is 1. The average Bonchev–Trinajstić information content (AvgIpc) is 3.04. The minimum Gasteiger partial charge on any atom is -0.361 e. The summed E-state index contributed by atoms with van der Waals surface area (Å²) in [5, 5.41) is 1.70. The number of fused-ring (bicyclic) bond motifs is 2. The number of hydrogen-bond acceptors (Lipinski definition) is 1. The lowest BCUT2D eigenvalue weighted by molar-refractivity contribution is -0.137. The molecule has 4 heteroatoms. The van der Waals surface area contributed by atoms with Crippen LogP contribution in [-0.2, 0) is 23.2 Å². The summed E-state index contributed by atoms with van der Waals surface area (Å²) < 4.78 is 0. The highest BCUT2D eigenvalue weighted by molar-refractivity contribution is 6.31. The lowest BCUT2D eigenvalue weighted by atomic mass is 9.82. The third kappa shape index (κ3) is 2.73. The van der Waals surface area contributed by atoms with Gasteiger partial charge in [-0.2, -0.15) is 0 Å². The largest absolute Gasteiger partial charge is 0.361 e. The molecule has 0 unspecified atom stereocenters. The molecule has 3 nitrogen and oxygen atoms in total. The number of carbonyl (C=O) groups excluding carboxylic acids is 1. The Morgan fingerprint density at radius 2 is 1.92 bits per heavy atom. The van der Waals surface area contributed by atoms with Gasteiger partial charge in [-0.15, -0.1) is 0 Å². The third-order valence-corrected chi connectivity index (χ3v) is 5.50. The molecule has 0 saturated heterocycles. The molecule has 0 saturated carbocycles. The van der Waals surface area contributed by atoms with Crippen molar-refractivity contribution < 1.29 is 4.79 Å². The SMILES string of the molecule is CC(C)(C(=O)N1CCc2ccccc2C1)c1c[nH]c2ccc(Cl)cc12. The fourth-order valence-electron chi connectivity index (χ4n) is 3.79. The van der Waals surface area contributed by atoms with Crippen LogP contribution in [0.25, 0.3) is 10.9 Å². The van der Waals surface area contributed by atoms with E-state index >= 15 is 0 Å². The van der Waals surface area contributed by atoms with Crippen LogP contribution in [0.15, 0.2) is 48.7 Å². The van der Waals surface area contributed by atoms with Gasteiger partial charge in [-0.1, -0.05) is 35.9 Å². The number of hydrogen-bond donors (Lipinski definition) is 1. The molecule has 0 bridgehead atoms. The summed E-state index contributed by atoms with van der Waals surface area (Å²) >= 11 is 6.17. The Labute approximate surface area is 152 Å². The van der Waals surface area contributed by atoms with Crippen molar-refractivity contribution in [3.63, 3.8) is 0 Å². The molecule has 4 rings (SSSR count). The van der Waals surface area contributed by atoms with Crippen LogP contribution in [0.5, 0.6) is 0 Å². The van der Waals surface area contributed by atoms with Gasteiger partial charge in [-0.05, 0) is 55.2 Å². The molecule has 2 heterocycles. The van der Waals surface area contributed by atoms with Crippen LogP contribution in [0.4, 0.5) is 0 Å². The lowest BCUT2D eigenvalue weighted by Crippen LogP contribution is -2.45. The van der Waals surface area contributed by atoms with Gasteiger partial charge in [-0.3, -0.25) is 4.79 Å². The molecule has 1 aliphatic heterocycles. The van der Waals surface area contributed by atoms with E-state index in [4.69, 9.17) is 11.6 Å². The molecule has 0 atom stereocenters. The van der Waals surface area contributed by atoms with Crippen LogP contribution in [0.3, 0.4) is 0 Å². The number of rotatable bonds is 2. The van der Waals surface area contributed by atoms with E-state index in [1.807, 2.05) is 49.2 Å². The van der Waals surface area contributed by atoms with E-state index in [2.05, 4.69) is 23.2 Å². The van der Waals surface area contributed by atoms with Gasteiger partial charge in [0.2, 0.25) is 5.91 Å². The van der Waals surface area contributed by atoms with Crippen LogP contribution in [-0.4, -0.2) is 22.3 Å². The summed E-state index contributed by atoms with van der Waals surface area (Å²) in [4.78, 5) is 18.6. The summed E-state index contributed by atoms with van der Waals surface area (Å²) in [5.74, 6) is 0.155. The molecular formula is C21H21ClN2O. The predicted molar refractivity (Wildman–Crippen MR) is 102 cm³/mol. The predicted octanol–water partition coefficient (Wildman–Crippen LogP) is 4.68. The fourth-order valence-corrected chi connectivity index (χ4v) is 3.96. The van der Waals surface area contributed by atoms with Crippen LogP contribution in [0, 0.1) is 0 Å². The quantitative estimate of drug-likeness (QED) is 0.714. The fraction of sp³-hybridized carbons (Fsp3) is 0.286. The first-order chi connectivity index (χ1) is 12.0. The molecule has 25 heavy (non-hydrogen) atoms. The Bertz CT molecular complexity index is 957. The molecule has 1 aliphatic rings.